The van der Waals surface area contributed by atoms with Crippen LogP contribution >= 0.6 is 0 Å². The van der Waals surface area contributed by atoms with Crippen LogP contribution in [0, 0.1) is 11.3 Å². The number of nitrogens with one attached hydrogen (secondary N) is 1. The molecule has 0 unspecified atom stereocenters. The van der Waals surface area contributed by atoms with Gasteiger partial charge in [0.2, 0.25) is 11.9 Å². The maximum atomic E-state index is 13.1. The van der Waals surface area contributed by atoms with Crippen molar-refractivity contribution in [1.29, 1.82) is 5.26 Å². The molecule has 3 amide bonds. The summed E-state index contributed by atoms with van der Waals surface area (Å²) in [4.78, 5) is 51.3. The maximum absolute atomic E-state index is 13.1. The SMILES string of the molecule is CC(=O)N1CCC[C@@H](n2c(NC(=O)c3cccc(C#N)c3)nc3cc(C(=O)N4CCCCC4)cnc32)C1. The van der Waals surface area contributed by atoms with Gasteiger partial charge >= 0.3 is 0 Å². The molecular weight excluding hydrogens is 470 g/mol. The molecule has 190 valence electrons. The highest BCUT2D eigenvalue weighted by Crippen LogP contribution is 2.30. The molecule has 1 aromatic carbocycles. The molecule has 0 bridgehead atoms. The summed E-state index contributed by atoms with van der Waals surface area (Å²) in [5.41, 5.74) is 2.23. The Hall–Kier alpha value is -4.26. The number of nitrogens with zero attached hydrogens (tertiary/aromatic N) is 6. The predicted octanol–water partition coefficient (Wildman–Crippen LogP) is 3.36. The minimum Gasteiger partial charge on any atom is -0.341 e. The Morgan fingerprint density at radius 2 is 1.81 bits per heavy atom. The van der Waals surface area contributed by atoms with Crippen LogP contribution in [0.5, 0.6) is 0 Å². The van der Waals surface area contributed by atoms with Gasteiger partial charge in [-0.2, -0.15) is 5.26 Å². The number of fused-ring (bicyclic) bond motifs is 1. The minimum atomic E-state index is -0.405. The molecule has 1 N–H and O–H groups in total. The molecule has 4 heterocycles. The van der Waals surface area contributed by atoms with Crippen LogP contribution in [0.4, 0.5) is 5.95 Å². The Morgan fingerprint density at radius 3 is 2.57 bits per heavy atom. The number of piperidine rings is 2. The van der Waals surface area contributed by atoms with E-state index in [0.717, 1.165) is 45.2 Å². The molecule has 2 saturated heterocycles. The van der Waals surface area contributed by atoms with Crippen LogP contribution in [-0.2, 0) is 4.79 Å². The van der Waals surface area contributed by atoms with E-state index >= 15 is 0 Å². The lowest BCUT2D eigenvalue weighted by Crippen LogP contribution is -2.39. The molecule has 37 heavy (non-hydrogen) atoms. The normalized spacial score (nSPS) is 17.9. The fraction of sp³-hybridized carbons (Fsp3) is 0.407. The number of rotatable bonds is 4. The Kier molecular flexibility index (Phi) is 6.86. The van der Waals surface area contributed by atoms with Gasteiger partial charge < -0.3 is 9.80 Å². The quantitative estimate of drug-likeness (QED) is 0.587. The average molecular weight is 500 g/mol. The zero-order valence-electron chi connectivity index (χ0n) is 20.8. The van der Waals surface area contributed by atoms with E-state index < -0.39 is 5.91 Å². The van der Waals surface area contributed by atoms with Crippen LogP contribution in [0.25, 0.3) is 11.2 Å². The van der Waals surface area contributed by atoms with Crippen molar-refractivity contribution in [2.24, 2.45) is 0 Å². The Labute approximate surface area is 214 Å². The van der Waals surface area contributed by atoms with Crippen LogP contribution in [0.3, 0.4) is 0 Å². The van der Waals surface area contributed by atoms with Crippen molar-refractivity contribution < 1.29 is 14.4 Å². The van der Waals surface area contributed by atoms with Crippen molar-refractivity contribution in [3.8, 4) is 6.07 Å². The lowest BCUT2D eigenvalue weighted by Gasteiger charge is -2.33. The first-order valence-corrected chi connectivity index (χ1v) is 12.7. The van der Waals surface area contributed by atoms with Crippen molar-refractivity contribution in [3.63, 3.8) is 0 Å². The largest absolute Gasteiger partial charge is 0.341 e. The van der Waals surface area contributed by atoms with Crippen molar-refractivity contribution >= 4 is 34.8 Å². The molecule has 0 aliphatic carbocycles. The fourth-order valence-electron chi connectivity index (χ4n) is 5.17. The van der Waals surface area contributed by atoms with Gasteiger partial charge in [-0.1, -0.05) is 6.07 Å². The summed E-state index contributed by atoms with van der Waals surface area (Å²) in [7, 11) is 0. The van der Waals surface area contributed by atoms with Gasteiger partial charge in [0.1, 0.15) is 5.52 Å². The van der Waals surface area contributed by atoms with Crippen molar-refractivity contribution in [2.45, 2.75) is 45.1 Å². The van der Waals surface area contributed by atoms with Crippen LogP contribution < -0.4 is 5.32 Å². The van der Waals surface area contributed by atoms with Gasteiger partial charge in [-0.25, -0.2) is 9.97 Å². The highest BCUT2D eigenvalue weighted by Gasteiger charge is 2.29. The average Bonchev–Trinajstić information content (AvgIpc) is 3.30. The maximum Gasteiger partial charge on any atom is 0.258 e. The molecule has 5 rings (SSSR count). The summed E-state index contributed by atoms with van der Waals surface area (Å²) >= 11 is 0. The molecule has 10 heteroatoms. The van der Waals surface area contributed by atoms with Crippen LogP contribution in [-0.4, -0.2) is 68.2 Å². The molecule has 0 radical (unpaired) electrons. The van der Waals surface area contributed by atoms with E-state index in [1.165, 1.54) is 6.07 Å². The highest BCUT2D eigenvalue weighted by atomic mass is 16.2. The summed E-state index contributed by atoms with van der Waals surface area (Å²) in [6, 6.07) is 10.1. The second kappa shape index (κ2) is 10.4. The third-order valence-electron chi connectivity index (χ3n) is 7.11. The van der Waals surface area contributed by atoms with Gasteiger partial charge in [-0.3, -0.25) is 24.3 Å². The van der Waals surface area contributed by atoms with E-state index in [1.807, 2.05) is 15.5 Å². The number of amides is 3. The lowest BCUT2D eigenvalue weighted by atomic mass is 10.1. The molecule has 3 aromatic rings. The topological polar surface area (TPSA) is 124 Å². The molecule has 0 spiro atoms. The lowest BCUT2D eigenvalue weighted by molar-refractivity contribution is -0.130. The van der Waals surface area contributed by atoms with Crippen LogP contribution in [0.15, 0.2) is 36.5 Å². The molecule has 2 fully saturated rings. The number of imidazole rings is 1. The van der Waals surface area contributed by atoms with Gasteiger partial charge in [0, 0.05) is 44.9 Å². The molecule has 2 aromatic heterocycles. The number of carbonyl (C=O) groups excluding carboxylic acids is 3. The molecule has 2 aliphatic heterocycles. The van der Waals surface area contributed by atoms with E-state index in [-0.39, 0.29) is 17.9 Å². The monoisotopic (exact) mass is 499 g/mol. The summed E-state index contributed by atoms with van der Waals surface area (Å²) < 4.78 is 1.87. The van der Waals surface area contributed by atoms with Crippen molar-refractivity contribution in [3.05, 3.63) is 53.2 Å². The zero-order valence-corrected chi connectivity index (χ0v) is 20.8. The Balaban J connectivity index is 1.52. The number of pyridine rings is 1. The molecule has 10 nitrogen and oxygen atoms in total. The summed E-state index contributed by atoms with van der Waals surface area (Å²) in [6.45, 7) is 4.18. The smallest absolute Gasteiger partial charge is 0.258 e. The van der Waals surface area contributed by atoms with Gasteiger partial charge in [-0.05, 0) is 56.4 Å². The van der Waals surface area contributed by atoms with Crippen molar-refractivity contribution in [1.82, 2.24) is 24.3 Å². The van der Waals surface area contributed by atoms with Crippen LogP contribution in [0.2, 0.25) is 0 Å². The van der Waals surface area contributed by atoms with E-state index in [4.69, 9.17) is 0 Å². The van der Waals surface area contributed by atoms with E-state index in [0.29, 0.717) is 46.9 Å². The first-order chi connectivity index (χ1) is 17.9. The molecule has 1 atom stereocenters. The number of benzene rings is 1. The molecular formula is C27H29N7O3. The fourth-order valence-corrected chi connectivity index (χ4v) is 5.17. The Morgan fingerprint density at radius 1 is 1.03 bits per heavy atom. The number of carbonyl (C=O) groups is 3. The van der Waals surface area contributed by atoms with Gasteiger partial charge in [-0.15, -0.1) is 0 Å². The highest BCUT2D eigenvalue weighted by molar-refractivity contribution is 6.04. The van der Waals surface area contributed by atoms with E-state index in [1.54, 1.807) is 42.3 Å². The first kappa shape index (κ1) is 24.4. The summed E-state index contributed by atoms with van der Waals surface area (Å²) in [5, 5.41) is 12.1. The van der Waals surface area contributed by atoms with Gasteiger partial charge in [0.25, 0.3) is 11.8 Å². The van der Waals surface area contributed by atoms with Gasteiger partial charge in [0.05, 0.1) is 23.2 Å². The standard InChI is InChI=1S/C27H29N7O3/c1-18(35)33-12-6-9-22(17-33)34-24-23(14-21(16-29-24)26(37)32-10-3-2-4-11-32)30-27(34)31-25(36)20-8-5-7-19(13-20)15-28/h5,7-8,13-14,16,22H,2-4,6,9-12,17H2,1H3,(H,30,31,36)/t22-/m1/s1. The molecule has 0 saturated carbocycles. The van der Waals surface area contributed by atoms with E-state index in [9.17, 15) is 19.6 Å². The third kappa shape index (κ3) is 5.03. The second-order valence-corrected chi connectivity index (χ2v) is 9.63. The number of likely N-dealkylation sites (tertiary alicyclic amines) is 2. The van der Waals surface area contributed by atoms with E-state index in [2.05, 4.69) is 15.3 Å². The third-order valence-corrected chi connectivity index (χ3v) is 7.11. The number of hydrogen-bond acceptors (Lipinski definition) is 6. The number of aromatic nitrogens is 3. The zero-order chi connectivity index (χ0) is 25.9. The number of nitriles is 1. The minimum absolute atomic E-state index is 0.00426. The first-order valence-electron chi connectivity index (χ1n) is 12.7. The summed E-state index contributed by atoms with van der Waals surface area (Å²) in [5.74, 6) is -0.177. The predicted molar refractivity (Wildman–Crippen MR) is 137 cm³/mol. The van der Waals surface area contributed by atoms with Gasteiger partial charge in [0.15, 0.2) is 5.65 Å². The number of hydrogen-bond donors (Lipinski definition) is 1. The summed E-state index contributed by atoms with van der Waals surface area (Å²) in [6.07, 6.45) is 6.29. The second-order valence-electron chi connectivity index (χ2n) is 9.63. The Bertz CT molecular complexity index is 1400. The van der Waals surface area contributed by atoms with Crippen LogP contribution in [0.1, 0.15) is 71.3 Å². The van der Waals surface area contributed by atoms with Crippen molar-refractivity contribution in [2.75, 3.05) is 31.5 Å². The number of anilines is 1. The molecule has 2 aliphatic rings.